The van der Waals surface area contributed by atoms with Gasteiger partial charge in [0.1, 0.15) is 24.6 Å². The molecule has 3 heteroatoms. The minimum absolute atomic E-state index is 0.337. The third kappa shape index (κ3) is 4.37. The molecular formula is C25H24O3. The van der Waals surface area contributed by atoms with E-state index in [-0.39, 0.29) is 5.60 Å². The summed E-state index contributed by atoms with van der Waals surface area (Å²) in [6, 6.07) is 24.2. The van der Waals surface area contributed by atoms with E-state index < -0.39 is 0 Å². The standard InChI is InChI=1S/C25H24O3/c1-25(2)14-13-21-15-23(26-17-19-9-5-3-6-10-19)24(16-22(21)28-25)27-18-20-11-7-4-8-12-20/h3-16H,17-18H2,1-2H3. The molecule has 0 atom stereocenters. The lowest BCUT2D eigenvalue weighted by atomic mass is 10.0. The van der Waals surface area contributed by atoms with Gasteiger partial charge in [0.05, 0.1) is 0 Å². The van der Waals surface area contributed by atoms with Crippen LogP contribution in [0.4, 0.5) is 0 Å². The highest BCUT2D eigenvalue weighted by atomic mass is 16.5. The molecule has 0 aliphatic carbocycles. The Morgan fingerprint density at radius 1 is 0.750 bits per heavy atom. The van der Waals surface area contributed by atoms with Crippen LogP contribution in [0.2, 0.25) is 0 Å². The minimum atomic E-state index is -0.337. The predicted molar refractivity (Wildman–Crippen MR) is 112 cm³/mol. The smallest absolute Gasteiger partial charge is 0.165 e. The Morgan fingerprint density at radius 2 is 1.29 bits per heavy atom. The van der Waals surface area contributed by atoms with Crippen LogP contribution in [0.15, 0.2) is 78.9 Å². The molecule has 142 valence electrons. The van der Waals surface area contributed by atoms with E-state index in [0.717, 1.165) is 22.4 Å². The Balaban J connectivity index is 1.60. The average Bonchev–Trinajstić information content (AvgIpc) is 2.71. The lowest BCUT2D eigenvalue weighted by Crippen LogP contribution is -2.27. The van der Waals surface area contributed by atoms with Gasteiger partial charge in [0.15, 0.2) is 11.5 Å². The molecule has 1 aliphatic heterocycles. The van der Waals surface area contributed by atoms with Crippen molar-refractivity contribution in [1.82, 2.24) is 0 Å². The zero-order valence-electron chi connectivity index (χ0n) is 16.2. The zero-order valence-corrected chi connectivity index (χ0v) is 16.2. The van der Waals surface area contributed by atoms with Crippen molar-refractivity contribution >= 4 is 6.08 Å². The maximum Gasteiger partial charge on any atom is 0.165 e. The Morgan fingerprint density at radius 3 is 1.86 bits per heavy atom. The summed E-state index contributed by atoms with van der Waals surface area (Å²) in [7, 11) is 0. The van der Waals surface area contributed by atoms with Gasteiger partial charge >= 0.3 is 0 Å². The number of hydrogen-bond donors (Lipinski definition) is 0. The molecule has 0 N–H and O–H groups in total. The molecule has 0 amide bonds. The van der Waals surface area contributed by atoms with Gasteiger partial charge in [-0.2, -0.15) is 0 Å². The van der Waals surface area contributed by atoms with Crippen molar-refractivity contribution in [3.05, 3.63) is 95.6 Å². The van der Waals surface area contributed by atoms with E-state index in [9.17, 15) is 0 Å². The van der Waals surface area contributed by atoms with Crippen molar-refractivity contribution in [2.75, 3.05) is 0 Å². The first-order valence-electron chi connectivity index (χ1n) is 9.49. The predicted octanol–water partition coefficient (Wildman–Crippen LogP) is 6.03. The SMILES string of the molecule is CC1(C)C=Cc2cc(OCc3ccccc3)c(OCc3ccccc3)cc2O1. The Kier molecular flexibility index (Phi) is 5.07. The topological polar surface area (TPSA) is 27.7 Å². The lowest BCUT2D eigenvalue weighted by molar-refractivity contribution is 0.157. The molecule has 0 radical (unpaired) electrons. The molecule has 3 aromatic rings. The molecule has 0 fully saturated rings. The summed E-state index contributed by atoms with van der Waals surface area (Å²) >= 11 is 0. The fourth-order valence-electron chi connectivity index (χ4n) is 3.08. The van der Waals surface area contributed by atoms with Crippen LogP contribution in [-0.2, 0) is 13.2 Å². The van der Waals surface area contributed by atoms with Crippen molar-refractivity contribution in [1.29, 1.82) is 0 Å². The van der Waals surface area contributed by atoms with Crippen LogP contribution in [0, 0.1) is 0 Å². The minimum Gasteiger partial charge on any atom is -0.485 e. The molecule has 3 nitrogen and oxygen atoms in total. The van der Waals surface area contributed by atoms with E-state index in [4.69, 9.17) is 14.2 Å². The molecule has 3 aromatic carbocycles. The maximum absolute atomic E-state index is 6.12. The molecular weight excluding hydrogens is 348 g/mol. The van der Waals surface area contributed by atoms with E-state index in [2.05, 4.69) is 24.3 Å². The monoisotopic (exact) mass is 372 g/mol. The Hall–Kier alpha value is -3.20. The van der Waals surface area contributed by atoms with Gasteiger partial charge in [-0.05, 0) is 37.1 Å². The number of fused-ring (bicyclic) bond motifs is 1. The second kappa shape index (κ2) is 7.81. The molecule has 0 bridgehead atoms. The Labute approximate surface area is 166 Å². The van der Waals surface area contributed by atoms with Crippen LogP contribution in [-0.4, -0.2) is 5.60 Å². The van der Waals surface area contributed by atoms with E-state index in [0.29, 0.717) is 24.7 Å². The van der Waals surface area contributed by atoms with Crippen LogP contribution in [0.3, 0.4) is 0 Å². The first-order chi connectivity index (χ1) is 13.6. The largest absolute Gasteiger partial charge is 0.485 e. The average molecular weight is 372 g/mol. The first kappa shape index (κ1) is 18.2. The van der Waals surface area contributed by atoms with Crippen LogP contribution < -0.4 is 14.2 Å². The van der Waals surface area contributed by atoms with Crippen LogP contribution in [0.25, 0.3) is 6.08 Å². The summed E-state index contributed by atoms with van der Waals surface area (Å²) < 4.78 is 18.3. The molecule has 0 saturated carbocycles. The zero-order chi connectivity index (χ0) is 19.4. The second-order valence-corrected chi connectivity index (χ2v) is 7.42. The first-order valence-corrected chi connectivity index (χ1v) is 9.49. The molecule has 1 heterocycles. The van der Waals surface area contributed by atoms with Crippen molar-refractivity contribution in [3.63, 3.8) is 0 Å². The fourth-order valence-corrected chi connectivity index (χ4v) is 3.08. The third-order valence-corrected chi connectivity index (χ3v) is 4.59. The highest BCUT2D eigenvalue weighted by molar-refractivity contribution is 5.66. The highest BCUT2D eigenvalue weighted by Crippen LogP contribution is 2.40. The number of rotatable bonds is 6. The number of hydrogen-bond acceptors (Lipinski definition) is 3. The van der Waals surface area contributed by atoms with E-state index in [1.54, 1.807) is 0 Å². The van der Waals surface area contributed by atoms with Gasteiger partial charge in [-0.3, -0.25) is 0 Å². The van der Waals surface area contributed by atoms with Gasteiger partial charge in [-0.15, -0.1) is 0 Å². The van der Waals surface area contributed by atoms with Crippen molar-refractivity contribution in [2.45, 2.75) is 32.7 Å². The molecule has 0 unspecified atom stereocenters. The van der Waals surface area contributed by atoms with Gasteiger partial charge in [0.2, 0.25) is 0 Å². The van der Waals surface area contributed by atoms with E-state index in [1.807, 2.05) is 74.5 Å². The van der Waals surface area contributed by atoms with Crippen molar-refractivity contribution < 1.29 is 14.2 Å². The summed E-state index contributed by atoms with van der Waals surface area (Å²) in [6.45, 7) is 5.03. The summed E-state index contributed by atoms with van der Waals surface area (Å²) in [6.07, 6.45) is 4.13. The van der Waals surface area contributed by atoms with Crippen LogP contribution >= 0.6 is 0 Å². The van der Waals surface area contributed by atoms with Gasteiger partial charge in [0.25, 0.3) is 0 Å². The lowest BCUT2D eigenvalue weighted by Gasteiger charge is -2.28. The summed E-state index contributed by atoms with van der Waals surface area (Å²) in [5.41, 5.74) is 2.88. The van der Waals surface area contributed by atoms with Crippen LogP contribution in [0.5, 0.6) is 17.2 Å². The third-order valence-electron chi connectivity index (χ3n) is 4.59. The quantitative estimate of drug-likeness (QED) is 0.529. The highest BCUT2D eigenvalue weighted by Gasteiger charge is 2.24. The fraction of sp³-hybridized carbons (Fsp3) is 0.200. The number of benzene rings is 3. The van der Waals surface area contributed by atoms with Gasteiger partial charge in [-0.25, -0.2) is 0 Å². The maximum atomic E-state index is 6.12. The summed E-state index contributed by atoms with van der Waals surface area (Å²) in [5.74, 6) is 2.21. The molecule has 0 spiro atoms. The summed E-state index contributed by atoms with van der Waals surface area (Å²) in [5, 5.41) is 0. The number of ether oxygens (including phenoxy) is 3. The van der Waals surface area contributed by atoms with Gasteiger partial charge in [0, 0.05) is 11.6 Å². The van der Waals surface area contributed by atoms with Gasteiger partial charge in [-0.1, -0.05) is 66.7 Å². The van der Waals surface area contributed by atoms with E-state index in [1.165, 1.54) is 0 Å². The molecule has 0 saturated heterocycles. The van der Waals surface area contributed by atoms with Gasteiger partial charge < -0.3 is 14.2 Å². The normalized spacial score (nSPS) is 14.1. The summed E-state index contributed by atoms with van der Waals surface area (Å²) in [4.78, 5) is 0. The van der Waals surface area contributed by atoms with Crippen molar-refractivity contribution in [2.24, 2.45) is 0 Å². The van der Waals surface area contributed by atoms with E-state index >= 15 is 0 Å². The molecule has 0 aromatic heterocycles. The molecule has 1 aliphatic rings. The molecule has 4 rings (SSSR count). The second-order valence-electron chi connectivity index (χ2n) is 7.42. The molecule has 28 heavy (non-hydrogen) atoms. The van der Waals surface area contributed by atoms with Crippen LogP contribution in [0.1, 0.15) is 30.5 Å². The van der Waals surface area contributed by atoms with Crippen molar-refractivity contribution in [3.8, 4) is 17.2 Å². The Bertz CT molecular complexity index is 960.